The van der Waals surface area contributed by atoms with Crippen molar-refractivity contribution in [3.05, 3.63) is 35.9 Å². The van der Waals surface area contributed by atoms with E-state index < -0.39 is 0 Å². The van der Waals surface area contributed by atoms with E-state index in [1.807, 2.05) is 18.2 Å². The van der Waals surface area contributed by atoms with Crippen LogP contribution in [-0.4, -0.2) is 41.6 Å². The number of hydrogen-bond acceptors (Lipinski definition) is 2. The molecular formula is C20H33NaO2. The molecule has 0 aliphatic heterocycles. The van der Waals surface area contributed by atoms with E-state index in [2.05, 4.69) is 19.1 Å². The maximum absolute atomic E-state index is 11.3. The summed E-state index contributed by atoms with van der Waals surface area (Å²) >= 11 is 0. The first-order valence-corrected chi connectivity index (χ1v) is 8.93. The number of unbranched alkanes of at least 4 members (excludes halogenated alkanes) is 7. The molecule has 1 unspecified atom stereocenters. The molecule has 3 heteroatoms. The Hall–Kier alpha value is -0.310. The summed E-state index contributed by atoms with van der Waals surface area (Å²) in [5.41, 5.74) is 1.24. The van der Waals surface area contributed by atoms with Gasteiger partial charge >= 0.3 is 35.5 Å². The van der Waals surface area contributed by atoms with Crippen LogP contribution in [-0.2, 0) is 16.0 Å². The summed E-state index contributed by atoms with van der Waals surface area (Å²) in [7, 11) is 0. The minimum absolute atomic E-state index is 0. The summed E-state index contributed by atoms with van der Waals surface area (Å²) in [4.78, 5) is 11.3. The first-order chi connectivity index (χ1) is 10.7. The van der Waals surface area contributed by atoms with Gasteiger partial charge in [0.15, 0.2) is 0 Å². The monoisotopic (exact) mass is 328 g/mol. The number of hydrogen-bond donors (Lipinski definition) is 0. The van der Waals surface area contributed by atoms with Crippen molar-refractivity contribution < 1.29 is 9.53 Å². The van der Waals surface area contributed by atoms with Crippen molar-refractivity contribution >= 4 is 35.5 Å². The van der Waals surface area contributed by atoms with Crippen LogP contribution in [0.2, 0.25) is 0 Å². The molecule has 1 aromatic rings. The quantitative estimate of drug-likeness (QED) is 0.305. The second-order valence-corrected chi connectivity index (χ2v) is 6.18. The van der Waals surface area contributed by atoms with Crippen LogP contribution < -0.4 is 0 Å². The van der Waals surface area contributed by atoms with Gasteiger partial charge in [-0.1, -0.05) is 82.2 Å². The van der Waals surface area contributed by atoms with Crippen LogP contribution in [0.1, 0.15) is 77.2 Å². The van der Waals surface area contributed by atoms with Gasteiger partial charge < -0.3 is 4.74 Å². The van der Waals surface area contributed by atoms with Gasteiger partial charge in [0.05, 0.1) is 0 Å². The molecule has 0 aromatic heterocycles. The summed E-state index contributed by atoms with van der Waals surface area (Å²) in [5, 5.41) is 0. The van der Waals surface area contributed by atoms with Gasteiger partial charge in [0.1, 0.15) is 6.10 Å². The molecular weight excluding hydrogens is 295 g/mol. The van der Waals surface area contributed by atoms with Crippen LogP contribution in [0, 0.1) is 0 Å². The topological polar surface area (TPSA) is 26.3 Å². The van der Waals surface area contributed by atoms with E-state index >= 15 is 0 Å². The molecule has 0 spiro atoms. The van der Waals surface area contributed by atoms with Gasteiger partial charge in [-0.2, -0.15) is 0 Å². The average Bonchev–Trinajstić information content (AvgIpc) is 2.50. The molecule has 0 saturated heterocycles. The van der Waals surface area contributed by atoms with E-state index in [1.165, 1.54) is 57.4 Å². The molecule has 1 atom stereocenters. The van der Waals surface area contributed by atoms with Crippen molar-refractivity contribution in [2.75, 3.05) is 0 Å². The Kier molecular flexibility index (Phi) is 15.0. The zero-order valence-electron chi connectivity index (χ0n) is 14.4. The SMILES string of the molecule is CCCCCCCCCCC(Cc1ccccc1)OC(C)=O.[NaH]. The molecule has 0 N–H and O–H groups in total. The third kappa shape index (κ3) is 12.7. The van der Waals surface area contributed by atoms with Crippen molar-refractivity contribution in [3.8, 4) is 0 Å². The van der Waals surface area contributed by atoms with Crippen molar-refractivity contribution in [1.82, 2.24) is 0 Å². The Balaban J connectivity index is 0.00000484. The number of ether oxygens (including phenoxy) is 1. The molecule has 126 valence electrons. The van der Waals surface area contributed by atoms with Crippen LogP contribution in [0.3, 0.4) is 0 Å². The van der Waals surface area contributed by atoms with E-state index in [4.69, 9.17) is 4.74 Å². The number of carbonyl (C=O) groups is 1. The fourth-order valence-electron chi connectivity index (χ4n) is 2.82. The predicted molar refractivity (Wildman–Crippen MR) is 100 cm³/mol. The van der Waals surface area contributed by atoms with E-state index in [1.54, 1.807) is 0 Å². The summed E-state index contributed by atoms with van der Waals surface area (Å²) in [5.74, 6) is -0.166. The molecule has 0 bridgehead atoms. The molecule has 0 saturated carbocycles. The minimum atomic E-state index is -0.166. The molecule has 2 nitrogen and oxygen atoms in total. The van der Waals surface area contributed by atoms with Crippen molar-refractivity contribution in [2.45, 2.75) is 84.2 Å². The third-order valence-electron chi connectivity index (χ3n) is 4.02. The van der Waals surface area contributed by atoms with Gasteiger partial charge in [-0.25, -0.2) is 0 Å². The second-order valence-electron chi connectivity index (χ2n) is 6.18. The Labute approximate surface area is 164 Å². The summed E-state index contributed by atoms with van der Waals surface area (Å²) in [6, 6.07) is 10.3. The molecule has 0 aliphatic rings. The number of benzene rings is 1. The Morgan fingerprint density at radius 2 is 1.52 bits per heavy atom. The van der Waals surface area contributed by atoms with Gasteiger partial charge in [0.25, 0.3) is 0 Å². The Bertz CT molecular complexity index is 392. The normalized spacial score (nSPS) is 11.6. The predicted octanol–water partition coefficient (Wildman–Crippen LogP) is 5.04. The van der Waals surface area contributed by atoms with E-state index in [9.17, 15) is 4.79 Å². The molecule has 0 heterocycles. The number of esters is 1. The molecule has 1 aromatic carbocycles. The summed E-state index contributed by atoms with van der Waals surface area (Å²) in [6.45, 7) is 3.76. The number of rotatable bonds is 12. The molecule has 0 fully saturated rings. The van der Waals surface area contributed by atoms with Crippen LogP contribution in [0.5, 0.6) is 0 Å². The zero-order valence-corrected chi connectivity index (χ0v) is 14.4. The van der Waals surface area contributed by atoms with Crippen LogP contribution >= 0.6 is 0 Å². The van der Waals surface area contributed by atoms with Gasteiger partial charge in [-0.15, -0.1) is 0 Å². The Morgan fingerprint density at radius 1 is 0.957 bits per heavy atom. The molecule has 0 radical (unpaired) electrons. The second kappa shape index (κ2) is 15.2. The van der Waals surface area contributed by atoms with E-state index in [0.717, 1.165) is 19.3 Å². The average molecular weight is 328 g/mol. The molecule has 1 rings (SSSR count). The van der Waals surface area contributed by atoms with Crippen LogP contribution in [0.15, 0.2) is 30.3 Å². The fraction of sp³-hybridized carbons (Fsp3) is 0.650. The van der Waals surface area contributed by atoms with Gasteiger partial charge in [0, 0.05) is 13.3 Å². The van der Waals surface area contributed by atoms with E-state index in [0.29, 0.717) is 0 Å². The first kappa shape index (κ1) is 22.7. The maximum atomic E-state index is 11.3. The summed E-state index contributed by atoms with van der Waals surface area (Å²) in [6.07, 6.45) is 12.3. The van der Waals surface area contributed by atoms with Gasteiger partial charge in [0.2, 0.25) is 0 Å². The van der Waals surface area contributed by atoms with E-state index in [-0.39, 0.29) is 41.6 Å². The van der Waals surface area contributed by atoms with Crippen LogP contribution in [0.4, 0.5) is 0 Å². The van der Waals surface area contributed by atoms with Crippen molar-refractivity contribution in [1.29, 1.82) is 0 Å². The third-order valence-corrected chi connectivity index (χ3v) is 4.02. The van der Waals surface area contributed by atoms with Crippen LogP contribution in [0.25, 0.3) is 0 Å². The fourth-order valence-corrected chi connectivity index (χ4v) is 2.82. The van der Waals surface area contributed by atoms with Gasteiger partial charge in [-0.3, -0.25) is 4.79 Å². The summed E-state index contributed by atoms with van der Waals surface area (Å²) < 4.78 is 5.48. The molecule has 0 amide bonds. The number of carbonyl (C=O) groups excluding carboxylic acids is 1. The van der Waals surface area contributed by atoms with Gasteiger partial charge in [-0.05, 0) is 18.4 Å². The zero-order chi connectivity index (χ0) is 16.0. The Morgan fingerprint density at radius 3 is 2.09 bits per heavy atom. The van der Waals surface area contributed by atoms with Crippen molar-refractivity contribution in [2.24, 2.45) is 0 Å². The molecule has 0 aliphatic carbocycles. The standard InChI is InChI=1S/C20H32O2.Na.H/c1-3-4-5-6-7-8-9-13-16-20(22-18(2)21)17-19-14-11-10-12-15-19;;/h10-12,14-15,20H,3-9,13,16-17H2,1-2H3;;. The van der Waals surface area contributed by atoms with Crippen molar-refractivity contribution in [3.63, 3.8) is 0 Å². The molecule has 23 heavy (non-hydrogen) atoms. The first-order valence-electron chi connectivity index (χ1n) is 8.93.